The molecule has 1 fully saturated rings. The van der Waals surface area contributed by atoms with Crippen LogP contribution in [0.4, 0.5) is 0 Å². The van der Waals surface area contributed by atoms with Gasteiger partial charge in [0.25, 0.3) is 0 Å². The van der Waals surface area contributed by atoms with E-state index in [1.54, 1.807) is 12.1 Å². The number of primary sulfonamides is 1. The van der Waals surface area contributed by atoms with Crippen LogP contribution in [-0.2, 0) is 30.7 Å². The molecule has 1 aliphatic heterocycles. The Balaban J connectivity index is 1.56. The van der Waals surface area contributed by atoms with Crippen molar-refractivity contribution in [3.05, 3.63) is 29.8 Å². The van der Waals surface area contributed by atoms with Crippen molar-refractivity contribution in [1.29, 1.82) is 0 Å². The van der Waals surface area contributed by atoms with E-state index in [1.165, 1.54) is 23.9 Å². The van der Waals surface area contributed by atoms with Crippen molar-refractivity contribution in [2.45, 2.75) is 48.4 Å². The number of rotatable bonds is 12. The van der Waals surface area contributed by atoms with Crippen molar-refractivity contribution < 1.29 is 43.1 Å². The van der Waals surface area contributed by atoms with Crippen LogP contribution < -0.4 is 10.5 Å². The molecule has 7 N–H and O–H groups in total. The third-order valence-electron chi connectivity index (χ3n) is 4.82. The van der Waals surface area contributed by atoms with Crippen LogP contribution in [0.15, 0.2) is 29.2 Å². The molecule has 1 heterocycles. The first-order chi connectivity index (χ1) is 15.1. The molecule has 2 rings (SSSR count). The fourth-order valence-corrected chi connectivity index (χ4v) is 4.24. The smallest absolute Gasteiger partial charge is 0.238 e. The molecule has 0 saturated carbocycles. The second kappa shape index (κ2) is 12.8. The molecule has 1 aromatic carbocycles. The normalized spacial score (nSPS) is 26.1. The molecule has 0 radical (unpaired) electrons. The lowest BCUT2D eigenvalue weighted by Gasteiger charge is -2.39. The number of hydrogen-bond acceptors (Lipinski definition) is 10. The van der Waals surface area contributed by atoms with E-state index in [1.807, 2.05) is 0 Å². The maximum atomic E-state index is 11.9. The first kappa shape index (κ1) is 27.0. The Hall–Kier alpha value is -1.29. The van der Waals surface area contributed by atoms with Crippen molar-refractivity contribution in [1.82, 2.24) is 5.32 Å². The van der Waals surface area contributed by atoms with Crippen LogP contribution in [0.2, 0.25) is 0 Å². The van der Waals surface area contributed by atoms with Gasteiger partial charge in [-0.15, -0.1) is 0 Å². The summed E-state index contributed by atoms with van der Waals surface area (Å²) in [4.78, 5) is 11.9. The third kappa shape index (κ3) is 8.24. The van der Waals surface area contributed by atoms with Crippen LogP contribution in [0, 0.1) is 0 Å². The average Bonchev–Trinajstić information content (AvgIpc) is 2.75. The lowest BCUT2D eigenvalue weighted by molar-refractivity contribution is -0.299. The van der Waals surface area contributed by atoms with E-state index in [0.717, 1.165) is 5.56 Å². The summed E-state index contributed by atoms with van der Waals surface area (Å²) >= 11 is 1.46. The molecule has 182 valence electrons. The summed E-state index contributed by atoms with van der Waals surface area (Å²) in [7, 11) is -3.72. The summed E-state index contributed by atoms with van der Waals surface area (Å²) < 4.78 is 33.1. The average molecular weight is 495 g/mol. The summed E-state index contributed by atoms with van der Waals surface area (Å²) in [6.45, 7) is 0.0809. The molecular weight excluding hydrogens is 464 g/mol. The number of carbonyl (C=O) groups is 1. The van der Waals surface area contributed by atoms with E-state index in [9.17, 15) is 28.5 Å². The van der Waals surface area contributed by atoms with Crippen molar-refractivity contribution >= 4 is 27.7 Å². The van der Waals surface area contributed by atoms with Gasteiger partial charge in [0.2, 0.25) is 15.9 Å². The van der Waals surface area contributed by atoms with Crippen molar-refractivity contribution in [2.75, 3.05) is 31.3 Å². The van der Waals surface area contributed by atoms with Crippen molar-refractivity contribution in [2.24, 2.45) is 5.14 Å². The molecule has 1 aromatic rings. The van der Waals surface area contributed by atoms with Crippen molar-refractivity contribution in [3.63, 3.8) is 0 Å². The van der Waals surface area contributed by atoms with Gasteiger partial charge in [0, 0.05) is 24.5 Å². The van der Waals surface area contributed by atoms with Gasteiger partial charge in [0.05, 0.1) is 18.1 Å². The molecule has 0 aliphatic carbocycles. The quantitative estimate of drug-likeness (QED) is 0.176. The summed E-state index contributed by atoms with van der Waals surface area (Å²) in [5, 5.41) is 46.3. The standard InChI is InChI=1S/C19H30N2O9S2/c20-32(27,28)13-3-1-12(2-4-13)5-7-21-15(23)6-9-31-10-8-29-19-18(26)17(25)16(24)14(11-22)30-19/h1-4,14,16-19,22,24-26H,5-11H2,(H,21,23)(H2,20,27,28)/t14-,16-,17+,18+,19-/m1/s1. The zero-order valence-electron chi connectivity index (χ0n) is 17.4. The van der Waals surface area contributed by atoms with E-state index in [0.29, 0.717) is 30.9 Å². The highest BCUT2D eigenvalue weighted by molar-refractivity contribution is 7.99. The Labute approximate surface area is 191 Å². The summed E-state index contributed by atoms with van der Waals surface area (Å²) in [5.74, 6) is 0.944. The van der Waals surface area contributed by atoms with Gasteiger partial charge < -0.3 is 35.2 Å². The predicted molar refractivity (Wildman–Crippen MR) is 116 cm³/mol. The monoisotopic (exact) mass is 494 g/mol. The van der Waals surface area contributed by atoms with E-state index in [2.05, 4.69) is 5.32 Å². The number of amides is 1. The second-order valence-corrected chi connectivity index (χ2v) is 10.0. The number of benzene rings is 1. The molecule has 0 spiro atoms. The number of ether oxygens (including phenoxy) is 2. The Morgan fingerprint density at radius 1 is 1.12 bits per heavy atom. The highest BCUT2D eigenvalue weighted by Crippen LogP contribution is 2.22. The zero-order valence-corrected chi connectivity index (χ0v) is 19.0. The highest BCUT2D eigenvalue weighted by Gasteiger charge is 2.43. The van der Waals surface area contributed by atoms with Gasteiger partial charge in [-0.1, -0.05) is 12.1 Å². The Kier molecular flexibility index (Phi) is 10.8. The molecule has 1 aliphatic rings. The maximum Gasteiger partial charge on any atom is 0.238 e. The second-order valence-electron chi connectivity index (χ2n) is 7.22. The number of nitrogens with one attached hydrogen (secondary N) is 1. The SMILES string of the molecule is NS(=O)(=O)c1ccc(CCNC(=O)CCSCCO[C@@H]2O[C@H](CO)[C@@H](O)[C@H](O)[C@@H]2O)cc1. The van der Waals surface area contributed by atoms with Crippen LogP contribution in [0.3, 0.4) is 0 Å². The number of hydrogen-bond donors (Lipinski definition) is 6. The maximum absolute atomic E-state index is 11.9. The number of sulfonamides is 1. The Bertz CT molecular complexity index is 821. The van der Waals surface area contributed by atoms with Crippen LogP contribution in [-0.4, -0.2) is 96.7 Å². The topological polar surface area (TPSA) is 189 Å². The molecule has 32 heavy (non-hydrogen) atoms. The minimum atomic E-state index is -3.72. The van der Waals surface area contributed by atoms with Gasteiger partial charge in [-0.25, -0.2) is 13.6 Å². The first-order valence-electron chi connectivity index (χ1n) is 10.0. The van der Waals surface area contributed by atoms with Gasteiger partial charge in [0.15, 0.2) is 6.29 Å². The van der Waals surface area contributed by atoms with Gasteiger partial charge in [0.1, 0.15) is 24.4 Å². The highest BCUT2D eigenvalue weighted by atomic mass is 32.2. The Morgan fingerprint density at radius 2 is 1.81 bits per heavy atom. The van der Waals surface area contributed by atoms with E-state index in [-0.39, 0.29) is 17.4 Å². The zero-order chi connectivity index (χ0) is 23.7. The summed E-state index contributed by atoms with van der Waals surface area (Å²) in [6, 6.07) is 6.15. The third-order valence-corrected chi connectivity index (χ3v) is 6.70. The molecule has 0 unspecified atom stereocenters. The molecule has 13 heteroatoms. The molecule has 11 nitrogen and oxygen atoms in total. The number of thioether (sulfide) groups is 1. The molecule has 1 amide bonds. The first-order valence-corrected chi connectivity index (χ1v) is 12.7. The lowest BCUT2D eigenvalue weighted by atomic mass is 9.99. The molecule has 0 bridgehead atoms. The minimum Gasteiger partial charge on any atom is -0.394 e. The number of carbonyl (C=O) groups excluding carboxylic acids is 1. The van der Waals surface area contributed by atoms with Gasteiger partial charge in [-0.05, 0) is 24.1 Å². The van der Waals surface area contributed by atoms with Crippen LogP contribution in [0.25, 0.3) is 0 Å². The fraction of sp³-hybridized carbons (Fsp3) is 0.632. The fourth-order valence-electron chi connectivity index (χ4n) is 2.98. The van der Waals surface area contributed by atoms with Crippen LogP contribution in [0.1, 0.15) is 12.0 Å². The predicted octanol–water partition coefficient (Wildman–Crippen LogP) is -2.07. The van der Waals surface area contributed by atoms with Gasteiger partial charge >= 0.3 is 0 Å². The number of aliphatic hydroxyl groups is 4. The van der Waals surface area contributed by atoms with Gasteiger partial charge in [-0.2, -0.15) is 11.8 Å². The van der Waals surface area contributed by atoms with Crippen LogP contribution >= 0.6 is 11.8 Å². The minimum absolute atomic E-state index is 0.0397. The van der Waals surface area contributed by atoms with Crippen LogP contribution in [0.5, 0.6) is 0 Å². The molecule has 0 aromatic heterocycles. The van der Waals surface area contributed by atoms with E-state index in [4.69, 9.17) is 19.7 Å². The lowest BCUT2D eigenvalue weighted by Crippen LogP contribution is -2.59. The molecule has 5 atom stereocenters. The summed E-state index contributed by atoms with van der Waals surface area (Å²) in [5.41, 5.74) is 0.873. The molecule has 1 saturated heterocycles. The summed E-state index contributed by atoms with van der Waals surface area (Å²) in [6.07, 6.45) is -5.65. The van der Waals surface area contributed by atoms with Crippen molar-refractivity contribution in [3.8, 4) is 0 Å². The van der Waals surface area contributed by atoms with Gasteiger partial charge in [-0.3, -0.25) is 4.79 Å². The number of nitrogens with two attached hydrogens (primary N) is 1. The Morgan fingerprint density at radius 3 is 2.44 bits per heavy atom. The van der Waals surface area contributed by atoms with E-state index >= 15 is 0 Å². The largest absolute Gasteiger partial charge is 0.394 e. The molecular formula is C19H30N2O9S2. The van der Waals surface area contributed by atoms with E-state index < -0.39 is 47.3 Å². The number of aliphatic hydroxyl groups excluding tert-OH is 4.